The highest BCUT2D eigenvalue weighted by Crippen LogP contribution is 2.31. The molecule has 0 unspecified atom stereocenters. The van der Waals surface area contributed by atoms with E-state index >= 15 is 0 Å². The fraction of sp³-hybridized carbons (Fsp3) is 0.278. The number of benzene rings is 4. The summed E-state index contributed by atoms with van der Waals surface area (Å²) in [5, 5.41) is 3.40. The molecule has 0 saturated heterocycles. The van der Waals surface area contributed by atoms with Gasteiger partial charge >= 0.3 is 0 Å². The van der Waals surface area contributed by atoms with E-state index in [1.165, 1.54) is 35.2 Å². The molecule has 248 valence electrons. The Balaban J connectivity index is 1.83. The van der Waals surface area contributed by atoms with Crippen LogP contribution in [0.15, 0.2) is 102 Å². The third kappa shape index (κ3) is 9.28. The summed E-state index contributed by atoms with van der Waals surface area (Å²) in [5.74, 6) is -0.352. The van der Waals surface area contributed by atoms with E-state index < -0.39 is 28.5 Å². The van der Waals surface area contributed by atoms with Crippen LogP contribution in [0.25, 0.3) is 0 Å². The standard InChI is InChI=1S/C36H39Cl2N3O5S/c1-5-26(3)39-36(43)34(21-27-10-7-6-8-11-27)40(23-28-12-9-13-30(20-28)46-4)35(42)24-41(29-16-19-32(37)33(38)22-29)47(44,45)31-17-14-25(2)15-18-31/h6-20,22,26,34H,5,21,23-24H2,1-4H3,(H,39,43)/t26-,34+/m0/s1. The Kier molecular flexibility index (Phi) is 12.3. The first kappa shape index (κ1) is 35.8. The van der Waals surface area contributed by atoms with Gasteiger partial charge in [-0.3, -0.25) is 13.9 Å². The molecule has 4 aromatic carbocycles. The lowest BCUT2D eigenvalue weighted by atomic mass is 10.0. The van der Waals surface area contributed by atoms with Crippen LogP contribution < -0.4 is 14.4 Å². The average molecular weight is 697 g/mol. The summed E-state index contributed by atoms with van der Waals surface area (Å²) in [4.78, 5) is 30.0. The number of aryl methyl sites for hydroxylation is 1. The van der Waals surface area contributed by atoms with Gasteiger partial charge in [0.05, 0.1) is 27.7 Å². The second kappa shape index (κ2) is 16.2. The maximum atomic E-state index is 14.6. The van der Waals surface area contributed by atoms with Crippen LogP contribution in [0, 0.1) is 6.92 Å². The molecule has 4 rings (SSSR count). The van der Waals surface area contributed by atoms with Crippen molar-refractivity contribution in [2.24, 2.45) is 0 Å². The fourth-order valence-corrected chi connectivity index (χ4v) is 6.67. The van der Waals surface area contributed by atoms with Crippen LogP contribution in [-0.2, 0) is 32.6 Å². The highest BCUT2D eigenvalue weighted by Gasteiger charge is 2.35. The molecule has 11 heteroatoms. The summed E-state index contributed by atoms with van der Waals surface area (Å²) in [5.41, 5.74) is 2.57. The van der Waals surface area contributed by atoms with Crippen LogP contribution in [0.1, 0.15) is 37.0 Å². The van der Waals surface area contributed by atoms with Crippen LogP contribution in [0.2, 0.25) is 10.0 Å². The Bertz CT molecular complexity index is 1790. The predicted molar refractivity (Wildman–Crippen MR) is 188 cm³/mol. The Morgan fingerprint density at radius 3 is 2.19 bits per heavy atom. The van der Waals surface area contributed by atoms with E-state index in [4.69, 9.17) is 27.9 Å². The van der Waals surface area contributed by atoms with Crippen molar-refractivity contribution in [3.8, 4) is 5.75 Å². The number of nitrogens with zero attached hydrogens (tertiary/aromatic N) is 2. The van der Waals surface area contributed by atoms with Crippen molar-refractivity contribution < 1.29 is 22.7 Å². The van der Waals surface area contributed by atoms with Crippen LogP contribution in [0.4, 0.5) is 5.69 Å². The first-order valence-electron chi connectivity index (χ1n) is 15.2. The molecular weight excluding hydrogens is 657 g/mol. The first-order valence-corrected chi connectivity index (χ1v) is 17.4. The van der Waals surface area contributed by atoms with E-state index in [2.05, 4.69) is 5.32 Å². The molecule has 0 heterocycles. The summed E-state index contributed by atoms with van der Waals surface area (Å²) in [7, 11) is -2.73. The zero-order valence-corrected chi connectivity index (χ0v) is 29.1. The van der Waals surface area contributed by atoms with E-state index in [1.54, 1.807) is 37.4 Å². The van der Waals surface area contributed by atoms with Crippen molar-refractivity contribution in [2.45, 2.75) is 57.1 Å². The Labute approximate surface area is 287 Å². The van der Waals surface area contributed by atoms with Gasteiger partial charge in [-0.05, 0) is 73.9 Å². The maximum absolute atomic E-state index is 14.6. The van der Waals surface area contributed by atoms with Gasteiger partial charge in [-0.15, -0.1) is 0 Å². The van der Waals surface area contributed by atoms with Crippen LogP contribution in [-0.4, -0.2) is 50.9 Å². The molecular formula is C36H39Cl2N3O5S. The molecule has 4 aromatic rings. The molecule has 0 fully saturated rings. The van der Waals surface area contributed by atoms with Gasteiger partial charge in [0.2, 0.25) is 11.8 Å². The molecule has 0 saturated carbocycles. The molecule has 0 radical (unpaired) electrons. The minimum atomic E-state index is -4.28. The van der Waals surface area contributed by atoms with Gasteiger partial charge in [-0.1, -0.05) is 90.3 Å². The first-order chi connectivity index (χ1) is 22.4. The summed E-state index contributed by atoms with van der Waals surface area (Å²) in [6.45, 7) is 5.11. The molecule has 0 bridgehead atoms. The lowest BCUT2D eigenvalue weighted by Gasteiger charge is -2.34. The third-order valence-electron chi connectivity index (χ3n) is 7.84. The molecule has 0 aliphatic carbocycles. The van der Waals surface area contributed by atoms with Gasteiger partial charge in [0.25, 0.3) is 10.0 Å². The maximum Gasteiger partial charge on any atom is 0.264 e. The number of sulfonamides is 1. The second-order valence-electron chi connectivity index (χ2n) is 11.3. The summed E-state index contributed by atoms with van der Waals surface area (Å²) >= 11 is 12.5. The number of nitrogens with one attached hydrogen (secondary N) is 1. The molecule has 2 amide bonds. The largest absolute Gasteiger partial charge is 0.497 e. The number of hydrogen-bond acceptors (Lipinski definition) is 5. The number of methoxy groups -OCH3 is 1. The topological polar surface area (TPSA) is 96.0 Å². The van der Waals surface area contributed by atoms with Gasteiger partial charge < -0.3 is 15.0 Å². The molecule has 1 N–H and O–H groups in total. The number of ether oxygens (including phenoxy) is 1. The zero-order chi connectivity index (χ0) is 34.1. The van der Waals surface area contributed by atoms with Gasteiger partial charge in [-0.25, -0.2) is 8.42 Å². The summed E-state index contributed by atoms with van der Waals surface area (Å²) in [6.07, 6.45) is 0.893. The summed E-state index contributed by atoms with van der Waals surface area (Å²) in [6, 6.07) is 26.2. The lowest BCUT2D eigenvalue weighted by molar-refractivity contribution is -0.140. The van der Waals surface area contributed by atoms with Gasteiger partial charge in [0, 0.05) is 19.0 Å². The van der Waals surface area contributed by atoms with Crippen LogP contribution in [0.5, 0.6) is 5.75 Å². The number of amides is 2. The molecule has 0 aliphatic heterocycles. The number of halogens is 2. The van der Waals surface area contributed by atoms with Crippen molar-refractivity contribution >= 4 is 50.7 Å². The minimum Gasteiger partial charge on any atom is -0.497 e. The van der Waals surface area contributed by atoms with E-state index in [0.717, 1.165) is 15.4 Å². The van der Waals surface area contributed by atoms with Gasteiger partial charge in [0.1, 0.15) is 18.3 Å². The van der Waals surface area contributed by atoms with Crippen LogP contribution >= 0.6 is 23.2 Å². The van der Waals surface area contributed by atoms with Crippen molar-refractivity contribution in [1.82, 2.24) is 10.2 Å². The molecule has 0 aromatic heterocycles. The second-order valence-corrected chi connectivity index (χ2v) is 14.0. The minimum absolute atomic E-state index is 0.00309. The fourth-order valence-electron chi connectivity index (χ4n) is 4.97. The third-order valence-corrected chi connectivity index (χ3v) is 10.4. The smallest absolute Gasteiger partial charge is 0.264 e. The van der Waals surface area contributed by atoms with Gasteiger partial charge in [0.15, 0.2) is 0 Å². The highest BCUT2D eigenvalue weighted by molar-refractivity contribution is 7.92. The number of rotatable bonds is 14. The molecule has 0 aliphatic rings. The average Bonchev–Trinajstić information content (AvgIpc) is 3.07. The van der Waals surface area contributed by atoms with E-state index in [-0.39, 0.29) is 45.5 Å². The Hall–Kier alpha value is -4.05. The van der Waals surface area contributed by atoms with Crippen LogP contribution in [0.3, 0.4) is 0 Å². The monoisotopic (exact) mass is 695 g/mol. The molecule has 0 spiro atoms. The summed E-state index contributed by atoms with van der Waals surface area (Å²) < 4.78 is 34.8. The molecule has 2 atom stereocenters. The van der Waals surface area contributed by atoms with E-state index in [9.17, 15) is 18.0 Å². The van der Waals surface area contributed by atoms with Crippen molar-refractivity contribution in [3.63, 3.8) is 0 Å². The van der Waals surface area contributed by atoms with Crippen molar-refractivity contribution in [2.75, 3.05) is 18.0 Å². The molecule has 47 heavy (non-hydrogen) atoms. The van der Waals surface area contributed by atoms with E-state index in [0.29, 0.717) is 17.7 Å². The predicted octanol–water partition coefficient (Wildman–Crippen LogP) is 7.06. The van der Waals surface area contributed by atoms with E-state index in [1.807, 2.05) is 57.2 Å². The lowest BCUT2D eigenvalue weighted by Crippen LogP contribution is -2.54. The molecule has 8 nitrogen and oxygen atoms in total. The Morgan fingerprint density at radius 1 is 0.872 bits per heavy atom. The zero-order valence-electron chi connectivity index (χ0n) is 26.8. The number of anilines is 1. The SMILES string of the molecule is CC[C@H](C)NC(=O)[C@@H](Cc1ccccc1)N(Cc1cccc(OC)c1)C(=O)CN(c1ccc(Cl)c(Cl)c1)S(=O)(=O)c1ccc(C)cc1. The highest BCUT2D eigenvalue weighted by atomic mass is 35.5. The number of hydrogen-bond donors (Lipinski definition) is 1. The normalized spacial score (nSPS) is 12.6. The van der Waals surface area contributed by atoms with Gasteiger partial charge in [-0.2, -0.15) is 0 Å². The Morgan fingerprint density at radius 2 is 1.55 bits per heavy atom. The number of carbonyl (C=O) groups excluding carboxylic acids is 2. The van der Waals surface area contributed by atoms with Crippen molar-refractivity contribution in [3.05, 3.63) is 124 Å². The quantitative estimate of drug-likeness (QED) is 0.152. The van der Waals surface area contributed by atoms with Crippen molar-refractivity contribution in [1.29, 1.82) is 0 Å². The number of carbonyl (C=O) groups is 2.